The smallest absolute Gasteiger partial charge is 0.251 e. The number of nitrogens with one attached hydrogen (secondary N) is 2. The van der Waals surface area contributed by atoms with Gasteiger partial charge in [0.05, 0.1) is 17.1 Å². The van der Waals surface area contributed by atoms with Crippen LogP contribution in [0.25, 0.3) is 11.0 Å². The number of hydrogen-bond acceptors (Lipinski definition) is 4. The number of aromatic amines is 1. The molecule has 1 aromatic heterocycles. The first-order chi connectivity index (χ1) is 11.2. The van der Waals surface area contributed by atoms with Crippen molar-refractivity contribution in [3.8, 4) is 11.5 Å². The first-order valence-corrected chi connectivity index (χ1v) is 7.36. The second-order valence-electron chi connectivity index (χ2n) is 5.40. The summed E-state index contributed by atoms with van der Waals surface area (Å²) in [5.74, 6) is 1.79. The Bertz CT molecular complexity index is 855. The zero-order valence-corrected chi connectivity index (χ0v) is 12.5. The number of H-pyrrole nitrogens is 1. The molecule has 6 nitrogen and oxygen atoms in total. The van der Waals surface area contributed by atoms with Crippen LogP contribution < -0.4 is 14.8 Å². The lowest BCUT2D eigenvalue weighted by atomic mass is 10.1. The molecule has 116 valence electrons. The number of fused-ring (bicyclic) bond motifs is 2. The summed E-state index contributed by atoms with van der Waals surface area (Å²) in [6.45, 7) is 2.08. The lowest BCUT2D eigenvalue weighted by molar-refractivity contribution is 0.0938. The minimum Gasteiger partial charge on any atom is -0.454 e. The normalized spacial score (nSPS) is 14.0. The van der Waals surface area contributed by atoms with Crippen LogP contribution in [0.1, 0.15) is 29.1 Å². The van der Waals surface area contributed by atoms with Crippen LogP contribution in [0.5, 0.6) is 11.5 Å². The molecule has 6 heteroatoms. The number of nitrogens with zero attached hydrogens (tertiary/aromatic N) is 1. The number of benzene rings is 2. The lowest BCUT2D eigenvalue weighted by Gasteiger charge is -2.11. The van der Waals surface area contributed by atoms with Gasteiger partial charge in [0.1, 0.15) is 5.82 Å². The Morgan fingerprint density at radius 1 is 1.22 bits per heavy atom. The summed E-state index contributed by atoms with van der Waals surface area (Å²) in [6.07, 6.45) is 0. The van der Waals surface area contributed by atoms with Gasteiger partial charge in [0, 0.05) is 5.56 Å². The molecule has 3 aromatic rings. The fourth-order valence-corrected chi connectivity index (χ4v) is 2.56. The Labute approximate surface area is 132 Å². The number of para-hydroxylation sites is 2. The van der Waals surface area contributed by atoms with Gasteiger partial charge in [0.15, 0.2) is 11.5 Å². The molecule has 0 fully saturated rings. The number of aromatic nitrogens is 2. The average molecular weight is 309 g/mol. The van der Waals surface area contributed by atoms with Crippen molar-refractivity contribution in [2.75, 3.05) is 6.79 Å². The van der Waals surface area contributed by atoms with Gasteiger partial charge >= 0.3 is 0 Å². The molecule has 1 amide bonds. The summed E-state index contributed by atoms with van der Waals surface area (Å²) in [4.78, 5) is 20.1. The monoisotopic (exact) mass is 309 g/mol. The molecule has 23 heavy (non-hydrogen) atoms. The van der Waals surface area contributed by atoms with Crippen LogP contribution in [-0.2, 0) is 0 Å². The Kier molecular flexibility index (Phi) is 3.15. The molecule has 1 aliphatic rings. The fourth-order valence-electron chi connectivity index (χ4n) is 2.56. The van der Waals surface area contributed by atoms with Crippen molar-refractivity contribution in [1.82, 2.24) is 15.3 Å². The van der Waals surface area contributed by atoms with Gasteiger partial charge in [-0.15, -0.1) is 0 Å². The number of imidazole rings is 1. The molecule has 2 heterocycles. The van der Waals surface area contributed by atoms with Gasteiger partial charge in [0.2, 0.25) is 6.79 Å². The van der Waals surface area contributed by atoms with Crippen LogP contribution in [0.15, 0.2) is 42.5 Å². The number of hydrogen-bond donors (Lipinski definition) is 2. The van der Waals surface area contributed by atoms with E-state index in [-0.39, 0.29) is 18.7 Å². The van der Waals surface area contributed by atoms with Crippen molar-refractivity contribution in [2.45, 2.75) is 13.0 Å². The molecule has 0 radical (unpaired) electrons. The molecule has 0 saturated heterocycles. The van der Waals surface area contributed by atoms with E-state index in [1.54, 1.807) is 18.2 Å². The van der Waals surface area contributed by atoms with Crippen LogP contribution in [-0.4, -0.2) is 22.7 Å². The molecule has 1 aliphatic heterocycles. The Morgan fingerprint density at radius 3 is 2.91 bits per heavy atom. The van der Waals surface area contributed by atoms with E-state index in [0.29, 0.717) is 17.1 Å². The quantitative estimate of drug-likeness (QED) is 0.780. The number of carbonyl (C=O) groups excluding carboxylic acids is 1. The number of carbonyl (C=O) groups is 1. The van der Waals surface area contributed by atoms with Crippen molar-refractivity contribution < 1.29 is 14.3 Å². The van der Waals surface area contributed by atoms with E-state index in [2.05, 4.69) is 15.3 Å². The second kappa shape index (κ2) is 5.31. The molecule has 2 N–H and O–H groups in total. The molecule has 0 aliphatic carbocycles. The molecule has 1 atom stereocenters. The lowest BCUT2D eigenvalue weighted by Crippen LogP contribution is -2.27. The van der Waals surface area contributed by atoms with E-state index >= 15 is 0 Å². The Hall–Kier alpha value is -3.02. The topological polar surface area (TPSA) is 76.2 Å². The molecule has 4 rings (SSSR count). The third kappa shape index (κ3) is 2.48. The van der Waals surface area contributed by atoms with Gasteiger partial charge in [-0.1, -0.05) is 12.1 Å². The molecule has 0 bridgehead atoms. The first kappa shape index (κ1) is 13.6. The van der Waals surface area contributed by atoms with Crippen molar-refractivity contribution in [3.63, 3.8) is 0 Å². The first-order valence-electron chi connectivity index (χ1n) is 7.36. The van der Waals surface area contributed by atoms with Crippen LogP contribution in [0, 0.1) is 0 Å². The molecule has 0 spiro atoms. The summed E-state index contributed by atoms with van der Waals surface area (Å²) in [5.41, 5.74) is 2.36. The number of ether oxygens (including phenoxy) is 2. The van der Waals surface area contributed by atoms with Crippen molar-refractivity contribution in [3.05, 3.63) is 53.9 Å². The Balaban J connectivity index is 1.53. The van der Waals surface area contributed by atoms with Gasteiger partial charge in [-0.05, 0) is 37.3 Å². The highest BCUT2D eigenvalue weighted by Gasteiger charge is 2.18. The highest BCUT2D eigenvalue weighted by atomic mass is 16.7. The zero-order valence-electron chi connectivity index (χ0n) is 12.5. The maximum atomic E-state index is 12.4. The second-order valence-corrected chi connectivity index (χ2v) is 5.40. The van der Waals surface area contributed by atoms with Crippen LogP contribution >= 0.6 is 0 Å². The third-order valence-corrected chi connectivity index (χ3v) is 3.80. The standard InChI is InChI=1S/C17H15N3O3/c1-10(16-19-12-4-2-3-5-13(12)20-16)18-17(21)11-6-7-14-15(8-11)23-9-22-14/h2-8,10H,9H2,1H3,(H,18,21)(H,19,20)/t10-/m0/s1. The van der Waals surface area contributed by atoms with Gasteiger partial charge in [-0.25, -0.2) is 4.98 Å². The highest BCUT2D eigenvalue weighted by molar-refractivity contribution is 5.95. The van der Waals surface area contributed by atoms with Gasteiger partial charge in [-0.3, -0.25) is 4.79 Å². The zero-order chi connectivity index (χ0) is 15.8. The molecule has 0 saturated carbocycles. The summed E-state index contributed by atoms with van der Waals surface area (Å²) in [6, 6.07) is 12.7. The number of amides is 1. The van der Waals surface area contributed by atoms with Crippen LogP contribution in [0.2, 0.25) is 0 Å². The van der Waals surface area contributed by atoms with Crippen molar-refractivity contribution in [1.29, 1.82) is 0 Å². The van der Waals surface area contributed by atoms with E-state index in [9.17, 15) is 4.79 Å². The summed E-state index contributed by atoms with van der Waals surface area (Å²) in [7, 11) is 0. The molecule has 2 aromatic carbocycles. The Morgan fingerprint density at radius 2 is 2.04 bits per heavy atom. The number of rotatable bonds is 3. The summed E-state index contributed by atoms with van der Waals surface area (Å²) < 4.78 is 10.5. The third-order valence-electron chi connectivity index (χ3n) is 3.80. The van der Waals surface area contributed by atoms with E-state index in [4.69, 9.17) is 9.47 Å². The van der Waals surface area contributed by atoms with E-state index < -0.39 is 0 Å². The van der Waals surface area contributed by atoms with E-state index in [0.717, 1.165) is 16.9 Å². The van der Waals surface area contributed by atoms with Gasteiger partial charge in [0.25, 0.3) is 5.91 Å². The maximum absolute atomic E-state index is 12.4. The van der Waals surface area contributed by atoms with Gasteiger partial charge < -0.3 is 19.8 Å². The van der Waals surface area contributed by atoms with Crippen molar-refractivity contribution >= 4 is 16.9 Å². The predicted octanol–water partition coefficient (Wildman–Crippen LogP) is 2.78. The maximum Gasteiger partial charge on any atom is 0.251 e. The molecule has 0 unspecified atom stereocenters. The van der Waals surface area contributed by atoms with Crippen molar-refractivity contribution in [2.24, 2.45) is 0 Å². The highest BCUT2D eigenvalue weighted by Crippen LogP contribution is 2.32. The fraction of sp³-hybridized carbons (Fsp3) is 0.176. The SMILES string of the molecule is C[C@H](NC(=O)c1ccc2c(c1)OCO2)c1nc2ccccc2[nH]1. The van der Waals surface area contributed by atoms with Gasteiger partial charge in [-0.2, -0.15) is 0 Å². The van der Waals surface area contributed by atoms with Crippen LogP contribution in [0.3, 0.4) is 0 Å². The molecular weight excluding hydrogens is 294 g/mol. The largest absolute Gasteiger partial charge is 0.454 e. The predicted molar refractivity (Wildman–Crippen MR) is 84.5 cm³/mol. The van der Waals surface area contributed by atoms with E-state index in [1.165, 1.54) is 0 Å². The summed E-state index contributed by atoms with van der Waals surface area (Å²) >= 11 is 0. The summed E-state index contributed by atoms with van der Waals surface area (Å²) in [5, 5.41) is 2.94. The van der Waals surface area contributed by atoms with Crippen LogP contribution in [0.4, 0.5) is 0 Å². The molecular formula is C17H15N3O3. The minimum absolute atomic E-state index is 0.184. The minimum atomic E-state index is -0.236. The van der Waals surface area contributed by atoms with E-state index in [1.807, 2.05) is 31.2 Å². The average Bonchev–Trinajstić information content (AvgIpc) is 3.20.